The van der Waals surface area contributed by atoms with Crippen LogP contribution >= 0.6 is 15.9 Å². The number of pyridine rings is 1. The highest BCUT2D eigenvalue weighted by Gasteiger charge is 2.19. The molecule has 0 aromatic carbocycles. The predicted molar refractivity (Wildman–Crippen MR) is 54.7 cm³/mol. The number of aromatic amines is 1. The van der Waals surface area contributed by atoms with E-state index >= 15 is 0 Å². The third-order valence-corrected chi connectivity index (χ3v) is 2.95. The first-order chi connectivity index (χ1) is 6.29. The van der Waals surface area contributed by atoms with Crippen LogP contribution in [0.15, 0.2) is 21.7 Å². The Kier molecular flexibility index (Phi) is 2.51. The van der Waals surface area contributed by atoms with Crippen LogP contribution in [0.2, 0.25) is 0 Å². The molecule has 2 heterocycles. The first-order valence-electron chi connectivity index (χ1n) is 4.39. The van der Waals surface area contributed by atoms with E-state index in [-0.39, 0.29) is 11.5 Å². The minimum Gasteiger partial charge on any atom is -0.366 e. The van der Waals surface area contributed by atoms with Gasteiger partial charge in [0.1, 0.15) is 0 Å². The Bertz CT molecular complexity index is 355. The SMILES string of the molecule is O=c1c(Br)c[nH]cc1C1CCCN1. The molecule has 1 aliphatic rings. The zero-order chi connectivity index (χ0) is 9.26. The standard InChI is InChI=1S/C9H11BrN2O/c10-7-5-11-4-6(9(7)13)8-2-1-3-12-8/h4-5,8,12H,1-3H2,(H,11,13). The molecule has 13 heavy (non-hydrogen) atoms. The average Bonchev–Trinajstić information content (AvgIpc) is 2.62. The first-order valence-corrected chi connectivity index (χ1v) is 5.18. The van der Waals surface area contributed by atoms with Crippen molar-refractivity contribution in [1.29, 1.82) is 0 Å². The Hall–Kier alpha value is -0.610. The van der Waals surface area contributed by atoms with Gasteiger partial charge in [0, 0.05) is 24.0 Å². The average molecular weight is 243 g/mol. The van der Waals surface area contributed by atoms with Crippen LogP contribution in [-0.2, 0) is 0 Å². The van der Waals surface area contributed by atoms with Gasteiger partial charge in [-0.3, -0.25) is 4.79 Å². The Labute approximate surface area is 84.7 Å². The maximum atomic E-state index is 11.6. The Morgan fingerprint density at radius 3 is 3.00 bits per heavy atom. The normalized spacial score (nSPS) is 22.1. The fraction of sp³-hybridized carbons (Fsp3) is 0.444. The molecule has 1 aromatic heterocycles. The van der Waals surface area contributed by atoms with Gasteiger partial charge in [0.05, 0.1) is 4.47 Å². The number of nitrogens with one attached hydrogen (secondary N) is 2. The molecule has 0 aliphatic carbocycles. The molecule has 1 saturated heterocycles. The highest BCUT2D eigenvalue weighted by atomic mass is 79.9. The molecule has 4 heteroatoms. The Morgan fingerprint density at radius 1 is 1.46 bits per heavy atom. The number of H-pyrrole nitrogens is 1. The zero-order valence-corrected chi connectivity index (χ0v) is 8.73. The van der Waals surface area contributed by atoms with Crippen molar-refractivity contribution in [3.8, 4) is 0 Å². The van der Waals surface area contributed by atoms with E-state index in [4.69, 9.17) is 0 Å². The first kappa shape index (κ1) is 8.97. The van der Waals surface area contributed by atoms with Gasteiger partial charge >= 0.3 is 0 Å². The van der Waals surface area contributed by atoms with E-state index in [1.807, 2.05) is 0 Å². The van der Waals surface area contributed by atoms with Crippen LogP contribution in [0.25, 0.3) is 0 Å². The van der Waals surface area contributed by atoms with Gasteiger partial charge < -0.3 is 10.3 Å². The van der Waals surface area contributed by atoms with E-state index in [0.29, 0.717) is 4.47 Å². The number of hydrogen-bond donors (Lipinski definition) is 2. The smallest absolute Gasteiger partial charge is 0.200 e. The summed E-state index contributed by atoms with van der Waals surface area (Å²) in [4.78, 5) is 14.6. The second-order valence-corrected chi connectivity index (χ2v) is 4.09. The molecule has 1 aromatic rings. The van der Waals surface area contributed by atoms with Crippen LogP contribution in [0.1, 0.15) is 24.4 Å². The summed E-state index contributed by atoms with van der Waals surface area (Å²) in [7, 11) is 0. The molecule has 0 spiro atoms. The molecule has 0 saturated carbocycles. The molecule has 1 unspecified atom stereocenters. The lowest BCUT2D eigenvalue weighted by atomic mass is 10.1. The summed E-state index contributed by atoms with van der Waals surface area (Å²) in [5.41, 5.74) is 0.935. The number of hydrogen-bond acceptors (Lipinski definition) is 2. The predicted octanol–water partition coefficient (Wildman–Crippen LogP) is 1.56. The topological polar surface area (TPSA) is 44.9 Å². The van der Waals surface area contributed by atoms with E-state index < -0.39 is 0 Å². The molecule has 1 atom stereocenters. The highest BCUT2D eigenvalue weighted by molar-refractivity contribution is 9.10. The van der Waals surface area contributed by atoms with Gasteiger partial charge in [0.15, 0.2) is 5.43 Å². The fourth-order valence-electron chi connectivity index (χ4n) is 1.68. The van der Waals surface area contributed by atoms with Crippen LogP contribution in [0.5, 0.6) is 0 Å². The van der Waals surface area contributed by atoms with Crippen molar-refractivity contribution in [2.24, 2.45) is 0 Å². The second-order valence-electron chi connectivity index (χ2n) is 3.24. The van der Waals surface area contributed by atoms with Crippen molar-refractivity contribution >= 4 is 15.9 Å². The van der Waals surface area contributed by atoms with Gasteiger partial charge in [-0.05, 0) is 35.3 Å². The van der Waals surface area contributed by atoms with Crippen LogP contribution < -0.4 is 10.7 Å². The van der Waals surface area contributed by atoms with Crippen molar-refractivity contribution in [3.05, 3.63) is 32.7 Å². The van der Waals surface area contributed by atoms with E-state index in [9.17, 15) is 4.79 Å². The number of rotatable bonds is 1. The fourth-order valence-corrected chi connectivity index (χ4v) is 2.04. The van der Waals surface area contributed by atoms with Gasteiger partial charge in [0.25, 0.3) is 0 Å². The molecular weight excluding hydrogens is 232 g/mol. The van der Waals surface area contributed by atoms with Gasteiger partial charge in [-0.1, -0.05) is 0 Å². The molecule has 0 amide bonds. The van der Waals surface area contributed by atoms with Crippen LogP contribution in [0, 0.1) is 0 Å². The van der Waals surface area contributed by atoms with Crippen LogP contribution in [-0.4, -0.2) is 11.5 Å². The molecule has 0 radical (unpaired) electrons. The number of halogens is 1. The Morgan fingerprint density at radius 2 is 2.31 bits per heavy atom. The summed E-state index contributed by atoms with van der Waals surface area (Å²) in [6, 6.07) is 0.237. The second kappa shape index (κ2) is 3.64. The number of aromatic nitrogens is 1. The molecule has 2 N–H and O–H groups in total. The van der Waals surface area contributed by atoms with Crippen molar-refractivity contribution in [2.45, 2.75) is 18.9 Å². The van der Waals surface area contributed by atoms with Crippen molar-refractivity contribution in [2.75, 3.05) is 6.54 Å². The summed E-state index contributed by atoms with van der Waals surface area (Å²) < 4.78 is 0.610. The summed E-state index contributed by atoms with van der Waals surface area (Å²) in [5, 5.41) is 3.30. The molecular formula is C9H11BrN2O. The maximum Gasteiger partial charge on any atom is 0.200 e. The largest absolute Gasteiger partial charge is 0.366 e. The van der Waals surface area contributed by atoms with Gasteiger partial charge in [-0.2, -0.15) is 0 Å². The van der Waals surface area contributed by atoms with Crippen LogP contribution in [0.4, 0.5) is 0 Å². The lowest BCUT2D eigenvalue weighted by molar-refractivity contribution is 0.640. The summed E-state index contributed by atoms with van der Waals surface area (Å²) in [5.74, 6) is 0. The Balaban J connectivity index is 2.39. The van der Waals surface area contributed by atoms with E-state index in [1.54, 1.807) is 12.4 Å². The zero-order valence-electron chi connectivity index (χ0n) is 7.14. The summed E-state index contributed by atoms with van der Waals surface area (Å²) >= 11 is 3.22. The molecule has 1 aliphatic heterocycles. The van der Waals surface area contributed by atoms with Crippen molar-refractivity contribution < 1.29 is 0 Å². The lowest BCUT2D eigenvalue weighted by Crippen LogP contribution is -2.21. The van der Waals surface area contributed by atoms with E-state index in [2.05, 4.69) is 26.2 Å². The minimum absolute atomic E-state index is 0.0955. The minimum atomic E-state index is 0.0955. The summed E-state index contributed by atoms with van der Waals surface area (Å²) in [6.07, 6.45) is 5.66. The highest BCUT2D eigenvalue weighted by Crippen LogP contribution is 2.20. The van der Waals surface area contributed by atoms with Crippen molar-refractivity contribution in [3.63, 3.8) is 0 Å². The quantitative estimate of drug-likeness (QED) is 0.786. The van der Waals surface area contributed by atoms with Gasteiger partial charge in [-0.15, -0.1) is 0 Å². The van der Waals surface area contributed by atoms with Crippen molar-refractivity contribution in [1.82, 2.24) is 10.3 Å². The van der Waals surface area contributed by atoms with E-state index in [1.165, 1.54) is 0 Å². The molecule has 3 nitrogen and oxygen atoms in total. The molecule has 1 fully saturated rings. The van der Waals surface area contributed by atoms with Gasteiger partial charge in [0.2, 0.25) is 0 Å². The third kappa shape index (κ3) is 1.69. The monoisotopic (exact) mass is 242 g/mol. The molecule has 0 bridgehead atoms. The lowest BCUT2D eigenvalue weighted by Gasteiger charge is -2.08. The molecule has 2 rings (SSSR count). The van der Waals surface area contributed by atoms with Gasteiger partial charge in [-0.25, -0.2) is 0 Å². The maximum absolute atomic E-state index is 11.6. The van der Waals surface area contributed by atoms with E-state index in [0.717, 1.165) is 24.9 Å². The van der Waals surface area contributed by atoms with Crippen LogP contribution in [0.3, 0.4) is 0 Å². The molecule has 70 valence electrons. The summed E-state index contributed by atoms with van der Waals surface area (Å²) in [6.45, 7) is 1.01. The third-order valence-electron chi connectivity index (χ3n) is 2.36.